The molecule has 3 heterocycles. The van der Waals surface area contributed by atoms with Crippen LogP contribution in [0.3, 0.4) is 0 Å². The van der Waals surface area contributed by atoms with Crippen LogP contribution in [0.2, 0.25) is 0 Å². The van der Waals surface area contributed by atoms with Gasteiger partial charge in [-0.15, -0.1) is 0 Å². The van der Waals surface area contributed by atoms with E-state index in [1.165, 1.54) is 18.5 Å². The van der Waals surface area contributed by atoms with Crippen molar-refractivity contribution in [1.82, 2.24) is 29.7 Å². The molecule has 0 saturated carbocycles. The molecular weight excluding hydrogens is 394 g/mol. The summed E-state index contributed by atoms with van der Waals surface area (Å²) in [4.78, 5) is 10.7. The number of guanidine groups is 1. The summed E-state index contributed by atoms with van der Waals surface area (Å²) in [5, 5.41) is 7.48. The summed E-state index contributed by atoms with van der Waals surface area (Å²) in [6.45, 7) is 5.18. The third kappa shape index (κ3) is 5.75. The van der Waals surface area contributed by atoms with Gasteiger partial charge in [0.25, 0.3) is 0 Å². The summed E-state index contributed by atoms with van der Waals surface area (Å²) in [7, 11) is -1.71. The van der Waals surface area contributed by atoms with Gasteiger partial charge in [0.1, 0.15) is 11.0 Å². The van der Waals surface area contributed by atoms with E-state index in [-0.39, 0.29) is 17.5 Å². The molecule has 1 unspecified atom stereocenters. The van der Waals surface area contributed by atoms with Crippen LogP contribution in [-0.4, -0.2) is 73.4 Å². The maximum Gasteiger partial charge on any atom is 0.242 e. The lowest BCUT2D eigenvalue weighted by Crippen LogP contribution is -2.48. The first kappa shape index (κ1) is 21.2. The highest BCUT2D eigenvalue weighted by atomic mass is 32.2. The Hall–Kier alpha value is -2.50. The van der Waals surface area contributed by atoms with Crippen LogP contribution in [-0.2, 0) is 21.8 Å². The molecule has 11 heteroatoms. The van der Waals surface area contributed by atoms with Gasteiger partial charge in [-0.1, -0.05) is 0 Å². The van der Waals surface area contributed by atoms with Gasteiger partial charge in [0.2, 0.25) is 10.0 Å². The third-order valence-corrected chi connectivity index (χ3v) is 5.85. The monoisotopic (exact) mass is 421 g/mol. The van der Waals surface area contributed by atoms with Crippen molar-refractivity contribution < 1.29 is 13.2 Å². The van der Waals surface area contributed by atoms with Crippen LogP contribution in [0.1, 0.15) is 18.6 Å². The number of rotatable bonds is 7. The van der Waals surface area contributed by atoms with E-state index in [2.05, 4.69) is 30.0 Å². The van der Waals surface area contributed by atoms with Crippen LogP contribution in [0, 0.1) is 0 Å². The molecule has 158 valence electrons. The summed E-state index contributed by atoms with van der Waals surface area (Å²) >= 11 is 0. The predicted molar refractivity (Wildman–Crippen MR) is 109 cm³/mol. The SMILES string of the molecule is CCNC(=NCCNS(=O)(=O)c1cccnc1)N1CCOC(c2cnn(C)c2)C1. The molecule has 2 N–H and O–H groups in total. The zero-order valence-corrected chi connectivity index (χ0v) is 17.5. The molecular formula is C18H27N7O3S. The number of hydrogen-bond donors (Lipinski definition) is 2. The fourth-order valence-corrected chi connectivity index (χ4v) is 3.99. The van der Waals surface area contributed by atoms with E-state index < -0.39 is 10.0 Å². The summed E-state index contributed by atoms with van der Waals surface area (Å²) in [5.74, 6) is 0.741. The second-order valence-corrected chi connectivity index (χ2v) is 8.34. The summed E-state index contributed by atoms with van der Waals surface area (Å²) < 4.78 is 34.7. The minimum atomic E-state index is -3.58. The topological polar surface area (TPSA) is 114 Å². The van der Waals surface area contributed by atoms with Crippen molar-refractivity contribution in [2.24, 2.45) is 12.0 Å². The molecule has 0 aliphatic carbocycles. The Bertz CT molecular complexity index is 915. The Labute approximate surface area is 171 Å². The lowest BCUT2D eigenvalue weighted by Gasteiger charge is -2.34. The van der Waals surface area contributed by atoms with Gasteiger partial charge < -0.3 is 15.0 Å². The number of pyridine rings is 1. The lowest BCUT2D eigenvalue weighted by molar-refractivity contribution is -0.00803. The molecule has 0 amide bonds. The number of morpholine rings is 1. The second-order valence-electron chi connectivity index (χ2n) is 6.57. The molecule has 1 atom stereocenters. The number of sulfonamides is 1. The summed E-state index contributed by atoms with van der Waals surface area (Å²) in [6, 6.07) is 3.10. The van der Waals surface area contributed by atoms with E-state index >= 15 is 0 Å². The van der Waals surface area contributed by atoms with Crippen LogP contribution in [0.15, 0.2) is 46.8 Å². The maximum atomic E-state index is 12.3. The fraction of sp³-hybridized carbons (Fsp3) is 0.500. The third-order valence-electron chi connectivity index (χ3n) is 4.41. The molecule has 29 heavy (non-hydrogen) atoms. The fourth-order valence-electron chi connectivity index (χ4n) is 3.01. The predicted octanol–water partition coefficient (Wildman–Crippen LogP) is 0.132. The number of nitrogens with zero attached hydrogens (tertiary/aromatic N) is 5. The molecule has 1 fully saturated rings. The van der Waals surface area contributed by atoms with Crippen molar-refractivity contribution in [2.45, 2.75) is 17.9 Å². The van der Waals surface area contributed by atoms with Crippen molar-refractivity contribution in [3.05, 3.63) is 42.5 Å². The van der Waals surface area contributed by atoms with Gasteiger partial charge in [0.15, 0.2) is 5.96 Å². The van der Waals surface area contributed by atoms with Gasteiger partial charge in [-0.25, -0.2) is 13.1 Å². The minimum Gasteiger partial charge on any atom is -0.370 e. The van der Waals surface area contributed by atoms with Crippen LogP contribution in [0.25, 0.3) is 0 Å². The molecule has 2 aromatic heterocycles. The first-order valence-corrected chi connectivity index (χ1v) is 11.0. The van der Waals surface area contributed by atoms with Crippen LogP contribution < -0.4 is 10.0 Å². The largest absolute Gasteiger partial charge is 0.370 e. The van der Waals surface area contributed by atoms with Crippen molar-refractivity contribution in [3.63, 3.8) is 0 Å². The summed E-state index contributed by atoms with van der Waals surface area (Å²) in [5.41, 5.74) is 1.03. The molecule has 1 saturated heterocycles. The molecule has 1 aliphatic rings. The Balaban J connectivity index is 1.59. The van der Waals surface area contributed by atoms with Crippen LogP contribution >= 0.6 is 0 Å². The summed E-state index contributed by atoms with van der Waals surface area (Å²) in [6.07, 6.45) is 6.54. The minimum absolute atomic E-state index is 0.0783. The second kappa shape index (κ2) is 9.81. The van der Waals surface area contributed by atoms with Gasteiger partial charge in [-0.3, -0.25) is 14.7 Å². The van der Waals surface area contributed by atoms with E-state index in [0.717, 1.165) is 18.1 Å². The Morgan fingerprint density at radius 1 is 1.41 bits per heavy atom. The highest BCUT2D eigenvalue weighted by Crippen LogP contribution is 2.21. The molecule has 10 nitrogen and oxygen atoms in total. The smallest absolute Gasteiger partial charge is 0.242 e. The Kier molecular flexibility index (Phi) is 7.18. The van der Waals surface area contributed by atoms with E-state index in [1.54, 1.807) is 10.7 Å². The van der Waals surface area contributed by atoms with Crippen LogP contribution in [0.4, 0.5) is 0 Å². The molecule has 3 rings (SSSR count). The number of aryl methyl sites for hydroxylation is 1. The van der Waals surface area contributed by atoms with Crippen molar-refractivity contribution in [2.75, 3.05) is 39.3 Å². The number of hydrogen-bond acceptors (Lipinski definition) is 6. The van der Waals surface area contributed by atoms with Crippen molar-refractivity contribution in [3.8, 4) is 0 Å². The van der Waals surface area contributed by atoms with Crippen molar-refractivity contribution in [1.29, 1.82) is 0 Å². The van der Waals surface area contributed by atoms with Gasteiger partial charge in [-0.05, 0) is 19.1 Å². The normalized spacial score (nSPS) is 18.1. The zero-order chi connectivity index (χ0) is 20.7. The van der Waals surface area contributed by atoms with E-state index in [4.69, 9.17) is 4.74 Å². The molecule has 1 aliphatic heterocycles. The quantitative estimate of drug-likeness (QED) is 0.371. The number of nitrogens with one attached hydrogen (secondary N) is 2. The highest BCUT2D eigenvalue weighted by Gasteiger charge is 2.25. The first-order valence-electron chi connectivity index (χ1n) is 9.52. The van der Waals surface area contributed by atoms with E-state index in [9.17, 15) is 8.42 Å². The molecule has 2 aromatic rings. The lowest BCUT2D eigenvalue weighted by atomic mass is 10.1. The zero-order valence-electron chi connectivity index (χ0n) is 16.7. The highest BCUT2D eigenvalue weighted by molar-refractivity contribution is 7.89. The first-order chi connectivity index (χ1) is 14.0. The average molecular weight is 422 g/mol. The molecule has 0 radical (unpaired) electrons. The molecule has 0 aromatic carbocycles. The number of aliphatic imine (C=N–C) groups is 1. The Morgan fingerprint density at radius 3 is 2.97 bits per heavy atom. The van der Waals surface area contributed by atoms with Gasteiger partial charge in [0.05, 0.1) is 25.9 Å². The van der Waals surface area contributed by atoms with Crippen LogP contribution in [0.5, 0.6) is 0 Å². The van der Waals surface area contributed by atoms with Gasteiger partial charge in [-0.2, -0.15) is 5.10 Å². The van der Waals surface area contributed by atoms with E-state index in [0.29, 0.717) is 26.2 Å². The Morgan fingerprint density at radius 2 is 2.28 bits per heavy atom. The molecule has 0 bridgehead atoms. The number of ether oxygens (including phenoxy) is 1. The number of aromatic nitrogens is 3. The standard InChI is InChI=1S/C18H27N7O3S/c1-3-20-18(21-7-8-23-29(26,27)16-5-4-6-19-12-16)25-9-10-28-17(14-25)15-11-22-24(2)13-15/h4-6,11-13,17,23H,3,7-10,14H2,1-2H3,(H,20,21). The molecule has 0 spiro atoms. The van der Waals surface area contributed by atoms with Gasteiger partial charge in [0, 0.05) is 50.8 Å². The van der Waals surface area contributed by atoms with Gasteiger partial charge >= 0.3 is 0 Å². The maximum absolute atomic E-state index is 12.3. The van der Waals surface area contributed by atoms with E-state index in [1.807, 2.05) is 26.4 Å². The van der Waals surface area contributed by atoms with Crippen molar-refractivity contribution >= 4 is 16.0 Å². The average Bonchev–Trinajstić information content (AvgIpc) is 3.17.